The summed E-state index contributed by atoms with van der Waals surface area (Å²) in [4.78, 5) is 25.9. The van der Waals surface area contributed by atoms with Crippen LogP contribution >= 0.6 is 11.6 Å². The first kappa shape index (κ1) is 24.5. The molecular weight excluding hydrogens is 468 g/mol. The van der Waals surface area contributed by atoms with E-state index in [-0.39, 0.29) is 28.2 Å². The number of phenolic OH excluding ortho intramolecular Hbond substituents is 1. The average Bonchev–Trinajstić information content (AvgIpc) is 2.87. The van der Waals surface area contributed by atoms with Crippen molar-refractivity contribution in [1.82, 2.24) is 10.3 Å². The van der Waals surface area contributed by atoms with Crippen LogP contribution in [0, 0.1) is 5.92 Å². The van der Waals surface area contributed by atoms with Crippen LogP contribution in [0.2, 0.25) is 5.02 Å². The Hall–Kier alpha value is -3.62. The molecule has 1 heterocycles. The predicted molar refractivity (Wildman–Crippen MR) is 136 cm³/mol. The number of hydrazone groups is 1. The summed E-state index contributed by atoms with van der Waals surface area (Å²) in [7, 11) is 0. The van der Waals surface area contributed by atoms with Gasteiger partial charge in [0.2, 0.25) is 5.91 Å². The highest BCUT2D eigenvalue weighted by Crippen LogP contribution is 2.28. The molecule has 8 nitrogen and oxygen atoms in total. The van der Waals surface area contributed by atoms with Crippen LogP contribution in [0.3, 0.4) is 0 Å². The number of nitrogens with zero attached hydrogens (tertiary/aromatic N) is 2. The van der Waals surface area contributed by atoms with Gasteiger partial charge in [0, 0.05) is 29.0 Å². The second-order valence-electron chi connectivity index (χ2n) is 8.43. The zero-order valence-electron chi connectivity index (χ0n) is 19.1. The fraction of sp³-hybridized carbons (Fsp3) is 0.269. The third-order valence-electron chi connectivity index (χ3n) is 6.15. The van der Waals surface area contributed by atoms with Crippen molar-refractivity contribution in [3.05, 3.63) is 70.7 Å². The molecule has 1 fully saturated rings. The van der Waals surface area contributed by atoms with Gasteiger partial charge in [-0.2, -0.15) is 5.10 Å². The maximum absolute atomic E-state index is 12.3. The van der Waals surface area contributed by atoms with Gasteiger partial charge in [0.15, 0.2) is 0 Å². The smallest absolute Gasteiger partial charge is 0.271 e. The molecule has 0 saturated carbocycles. The van der Waals surface area contributed by atoms with Crippen LogP contribution in [0.4, 0.5) is 0 Å². The van der Waals surface area contributed by atoms with Crippen molar-refractivity contribution in [1.29, 1.82) is 0 Å². The third kappa shape index (κ3) is 6.09. The van der Waals surface area contributed by atoms with E-state index in [4.69, 9.17) is 22.1 Å². The fourth-order valence-corrected chi connectivity index (χ4v) is 4.31. The van der Waals surface area contributed by atoms with Gasteiger partial charge in [-0.15, -0.1) is 0 Å². The molecule has 0 radical (unpaired) electrons. The Morgan fingerprint density at radius 3 is 2.60 bits per heavy atom. The first-order valence-corrected chi connectivity index (χ1v) is 11.8. The molecule has 1 aliphatic rings. The summed E-state index contributed by atoms with van der Waals surface area (Å²) in [6, 6.07) is 15.8. The molecular formula is C26H27ClN4O4. The lowest BCUT2D eigenvalue weighted by molar-refractivity contribution is -0.123. The number of hydrogen-bond acceptors (Lipinski definition) is 6. The lowest BCUT2D eigenvalue weighted by Crippen LogP contribution is -2.40. The number of rotatable bonds is 8. The number of phenols is 1. The number of aromatic hydroxyl groups is 1. The van der Waals surface area contributed by atoms with E-state index in [0.717, 1.165) is 54.6 Å². The number of nitrogens with one attached hydrogen (secondary N) is 1. The number of halogens is 1. The van der Waals surface area contributed by atoms with Crippen molar-refractivity contribution in [2.24, 2.45) is 16.8 Å². The van der Waals surface area contributed by atoms with Crippen LogP contribution < -0.4 is 15.9 Å². The van der Waals surface area contributed by atoms with Gasteiger partial charge in [-0.3, -0.25) is 14.5 Å². The van der Waals surface area contributed by atoms with E-state index in [9.17, 15) is 14.7 Å². The summed E-state index contributed by atoms with van der Waals surface area (Å²) in [5, 5.41) is 15.6. The summed E-state index contributed by atoms with van der Waals surface area (Å²) in [5.41, 5.74) is 9.00. The molecule has 4 rings (SSSR count). The molecule has 0 unspecified atom stereocenters. The monoisotopic (exact) mass is 494 g/mol. The Morgan fingerprint density at radius 1 is 1.14 bits per heavy atom. The van der Waals surface area contributed by atoms with Crippen molar-refractivity contribution in [3.63, 3.8) is 0 Å². The van der Waals surface area contributed by atoms with Crippen LogP contribution in [0.1, 0.15) is 28.8 Å². The Bertz CT molecular complexity index is 1260. The van der Waals surface area contributed by atoms with Crippen molar-refractivity contribution in [2.75, 3.05) is 26.2 Å². The lowest BCUT2D eigenvalue weighted by atomic mass is 9.96. The van der Waals surface area contributed by atoms with Crippen LogP contribution in [-0.2, 0) is 4.79 Å². The average molecular weight is 495 g/mol. The summed E-state index contributed by atoms with van der Waals surface area (Å²) >= 11 is 5.87. The number of primary amides is 1. The van der Waals surface area contributed by atoms with E-state index in [2.05, 4.69) is 15.4 Å². The molecule has 0 atom stereocenters. The molecule has 1 saturated heterocycles. The SMILES string of the molecule is NC(=O)C1CCN(CCOc2ccc(/C=N/NC(=O)c3ccc(O)c(Cl)c3)c3ccccc23)CC1. The topological polar surface area (TPSA) is 117 Å². The van der Waals surface area contributed by atoms with Gasteiger partial charge in [0.25, 0.3) is 5.91 Å². The molecule has 2 amide bonds. The van der Waals surface area contributed by atoms with Crippen LogP contribution in [0.25, 0.3) is 10.8 Å². The van der Waals surface area contributed by atoms with Crippen molar-refractivity contribution < 1.29 is 19.4 Å². The van der Waals surface area contributed by atoms with Gasteiger partial charge in [-0.05, 0) is 61.6 Å². The van der Waals surface area contributed by atoms with Crippen molar-refractivity contribution in [3.8, 4) is 11.5 Å². The summed E-state index contributed by atoms with van der Waals surface area (Å²) in [6.45, 7) is 2.99. The molecule has 3 aromatic carbocycles. The highest BCUT2D eigenvalue weighted by Gasteiger charge is 2.22. The standard InChI is InChI=1S/C26H27ClN4O4/c27-22-15-18(5-7-23(22)32)26(34)30-29-16-19-6-8-24(21-4-2-1-3-20(19)21)35-14-13-31-11-9-17(10-12-31)25(28)33/h1-8,15-17,32H,9-14H2,(H2,28,33)(H,30,34)/b29-16+. The van der Waals surface area contributed by atoms with Crippen LogP contribution in [0.5, 0.6) is 11.5 Å². The Kier molecular flexibility index (Phi) is 7.84. The minimum atomic E-state index is -0.438. The second-order valence-corrected chi connectivity index (χ2v) is 8.84. The number of nitrogens with two attached hydrogens (primary N) is 1. The highest BCUT2D eigenvalue weighted by atomic mass is 35.5. The second kappa shape index (κ2) is 11.2. The number of hydrogen-bond donors (Lipinski definition) is 3. The summed E-state index contributed by atoms with van der Waals surface area (Å²) in [6.07, 6.45) is 3.17. The first-order valence-electron chi connectivity index (χ1n) is 11.4. The number of fused-ring (bicyclic) bond motifs is 1. The normalized spacial score (nSPS) is 14.9. The van der Waals surface area contributed by atoms with Crippen molar-refractivity contribution >= 4 is 40.4 Å². The van der Waals surface area contributed by atoms with Gasteiger partial charge in [-0.25, -0.2) is 5.43 Å². The van der Waals surface area contributed by atoms with Crippen molar-refractivity contribution in [2.45, 2.75) is 12.8 Å². The zero-order chi connectivity index (χ0) is 24.8. The zero-order valence-corrected chi connectivity index (χ0v) is 19.9. The molecule has 3 aromatic rings. The number of likely N-dealkylation sites (tertiary alicyclic amines) is 1. The number of carbonyl (C=O) groups is 2. The molecule has 4 N–H and O–H groups in total. The highest BCUT2D eigenvalue weighted by molar-refractivity contribution is 6.32. The predicted octanol–water partition coefficient (Wildman–Crippen LogP) is 3.54. The summed E-state index contributed by atoms with van der Waals surface area (Å²) < 4.78 is 6.09. The first-order chi connectivity index (χ1) is 16.9. The van der Waals surface area contributed by atoms with E-state index in [1.807, 2.05) is 36.4 Å². The molecule has 0 bridgehead atoms. The summed E-state index contributed by atoms with van der Waals surface area (Å²) in [5.74, 6) is 0.0160. The Labute approximate surface area is 208 Å². The molecule has 0 spiro atoms. The number of benzene rings is 3. The maximum atomic E-state index is 12.3. The van der Waals surface area contributed by atoms with E-state index < -0.39 is 5.91 Å². The Morgan fingerprint density at radius 2 is 1.89 bits per heavy atom. The lowest BCUT2D eigenvalue weighted by Gasteiger charge is -2.30. The number of carbonyl (C=O) groups excluding carboxylic acids is 2. The van der Waals surface area contributed by atoms with Crippen LogP contribution in [0.15, 0.2) is 59.7 Å². The molecule has 1 aliphatic heterocycles. The largest absolute Gasteiger partial charge is 0.506 e. The molecule has 9 heteroatoms. The molecule has 35 heavy (non-hydrogen) atoms. The van der Waals surface area contributed by atoms with Crippen LogP contribution in [-0.4, -0.2) is 54.3 Å². The van der Waals surface area contributed by atoms with E-state index in [1.165, 1.54) is 18.2 Å². The quantitative estimate of drug-likeness (QED) is 0.327. The van der Waals surface area contributed by atoms with Gasteiger partial charge in [-0.1, -0.05) is 35.9 Å². The Balaban J connectivity index is 1.38. The third-order valence-corrected chi connectivity index (χ3v) is 6.46. The van der Waals surface area contributed by atoms with Gasteiger partial charge >= 0.3 is 0 Å². The van der Waals surface area contributed by atoms with E-state index >= 15 is 0 Å². The fourth-order valence-electron chi connectivity index (χ4n) is 4.13. The maximum Gasteiger partial charge on any atom is 0.271 e. The van der Waals surface area contributed by atoms with Gasteiger partial charge in [0.1, 0.15) is 18.1 Å². The van der Waals surface area contributed by atoms with E-state index in [0.29, 0.717) is 6.61 Å². The van der Waals surface area contributed by atoms with Gasteiger partial charge < -0.3 is 15.6 Å². The number of amides is 2. The molecule has 0 aliphatic carbocycles. The van der Waals surface area contributed by atoms with Gasteiger partial charge in [0.05, 0.1) is 11.2 Å². The molecule has 0 aromatic heterocycles. The minimum Gasteiger partial charge on any atom is -0.506 e. The molecule has 182 valence electrons. The van der Waals surface area contributed by atoms with E-state index in [1.54, 1.807) is 6.21 Å². The number of piperidine rings is 1. The minimum absolute atomic E-state index is 0.0194. The number of ether oxygens (including phenoxy) is 1.